The number of carbonyl (C=O) groups is 1. The first-order chi connectivity index (χ1) is 9.35. The normalized spacial score (nSPS) is 12.1. The molecular formula is C13H18N2O4S. The van der Waals surface area contributed by atoms with Crippen LogP contribution in [0, 0.1) is 6.92 Å². The molecule has 6 nitrogen and oxygen atoms in total. The SMILES string of the molecule is CCOC(=O)CC(C)=NNS(=O)(=O)c1ccc(C)cc1. The number of hydrogen-bond acceptors (Lipinski definition) is 5. The van der Waals surface area contributed by atoms with E-state index in [4.69, 9.17) is 4.74 Å². The first kappa shape index (κ1) is 16.2. The van der Waals surface area contributed by atoms with Crippen LogP contribution in [0.3, 0.4) is 0 Å². The van der Waals surface area contributed by atoms with Gasteiger partial charge in [-0.1, -0.05) is 17.7 Å². The summed E-state index contributed by atoms with van der Waals surface area (Å²) in [5.74, 6) is -0.441. The van der Waals surface area contributed by atoms with E-state index in [-0.39, 0.29) is 17.9 Å². The molecule has 7 heteroatoms. The first-order valence-electron chi connectivity index (χ1n) is 6.12. The maximum Gasteiger partial charge on any atom is 0.311 e. The van der Waals surface area contributed by atoms with Crippen LogP contribution in [-0.2, 0) is 19.6 Å². The van der Waals surface area contributed by atoms with Gasteiger partial charge < -0.3 is 4.74 Å². The molecule has 0 heterocycles. The molecule has 1 aromatic carbocycles. The second-order valence-corrected chi connectivity index (χ2v) is 5.90. The van der Waals surface area contributed by atoms with Gasteiger partial charge in [-0.15, -0.1) is 0 Å². The monoisotopic (exact) mass is 298 g/mol. The Balaban J connectivity index is 2.72. The van der Waals surface area contributed by atoms with Gasteiger partial charge in [0.05, 0.1) is 17.9 Å². The molecule has 0 aliphatic heterocycles. The van der Waals surface area contributed by atoms with Crippen LogP contribution in [0.4, 0.5) is 0 Å². The van der Waals surface area contributed by atoms with Gasteiger partial charge in [0.25, 0.3) is 10.0 Å². The van der Waals surface area contributed by atoms with Gasteiger partial charge in [0.15, 0.2) is 0 Å². The van der Waals surface area contributed by atoms with Crippen molar-refractivity contribution in [3.8, 4) is 0 Å². The van der Waals surface area contributed by atoms with E-state index in [2.05, 4.69) is 9.93 Å². The summed E-state index contributed by atoms with van der Waals surface area (Å²) in [5.41, 5.74) is 1.30. The van der Waals surface area contributed by atoms with Gasteiger partial charge >= 0.3 is 5.97 Å². The third-order valence-corrected chi connectivity index (χ3v) is 3.62. The quantitative estimate of drug-likeness (QED) is 0.491. The summed E-state index contributed by atoms with van der Waals surface area (Å²) in [4.78, 5) is 13.4. The third kappa shape index (κ3) is 5.00. The summed E-state index contributed by atoms with van der Waals surface area (Å²) in [7, 11) is -3.71. The molecule has 0 amide bonds. The van der Waals surface area contributed by atoms with Crippen molar-refractivity contribution in [1.82, 2.24) is 4.83 Å². The van der Waals surface area contributed by atoms with Crippen LogP contribution in [0.25, 0.3) is 0 Å². The molecule has 0 saturated carbocycles. The Labute approximate surface area is 118 Å². The molecule has 0 atom stereocenters. The van der Waals surface area contributed by atoms with Crippen molar-refractivity contribution in [2.75, 3.05) is 6.61 Å². The molecule has 0 radical (unpaired) electrons. The number of ether oxygens (including phenoxy) is 1. The van der Waals surface area contributed by atoms with Gasteiger partial charge in [-0.3, -0.25) is 4.79 Å². The lowest BCUT2D eigenvalue weighted by Gasteiger charge is -2.05. The minimum Gasteiger partial charge on any atom is -0.466 e. The molecule has 110 valence electrons. The minimum absolute atomic E-state index is 0.0513. The fourth-order valence-electron chi connectivity index (χ4n) is 1.37. The lowest BCUT2D eigenvalue weighted by Crippen LogP contribution is -2.20. The summed E-state index contributed by atoms with van der Waals surface area (Å²) < 4.78 is 28.6. The van der Waals surface area contributed by atoms with Crippen molar-refractivity contribution in [2.24, 2.45) is 5.10 Å². The molecule has 1 rings (SSSR count). The Morgan fingerprint density at radius 2 is 1.90 bits per heavy atom. The fraction of sp³-hybridized carbons (Fsp3) is 0.385. The number of aryl methyl sites for hydroxylation is 1. The zero-order valence-electron chi connectivity index (χ0n) is 11.7. The molecule has 0 fully saturated rings. The summed E-state index contributed by atoms with van der Waals surface area (Å²) in [5, 5.41) is 3.69. The van der Waals surface area contributed by atoms with E-state index in [9.17, 15) is 13.2 Å². The topological polar surface area (TPSA) is 84.8 Å². The highest BCUT2D eigenvalue weighted by Gasteiger charge is 2.13. The number of carbonyl (C=O) groups excluding carboxylic acids is 1. The summed E-state index contributed by atoms with van der Waals surface area (Å²) in [6.07, 6.45) is -0.0513. The Hall–Kier alpha value is -1.89. The van der Waals surface area contributed by atoms with Gasteiger partial charge in [0, 0.05) is 5.71 Å². The van der Waals surface area contributed by atoms with E-state index in [1.54, 1.807) is 26.0 Å². The third-order valence-electron chi connectivity index (χ3n) is 2.39. The zero-order valence-corrected chi connectivity index (χ0v) is 12.5. The van der Waals surface area contributed by atoms with Crippen LogP contribution in [0.1, 0.15) is 25.8 Å². The molecule has 20 heavy (non-hydrogen) atoms. The molecule has 1 N–H and O–H groups in total. The van der Waals surface area contributed by atoms with Crippen LogP contribution >= 0.6 is 0 Å². The highest BCUT2D eigenvalue weighted by Crippen LogP contribution is 2.09. The predicted octanol–water partition coefficient (Wildman–Crippen LogP) is 1.60. The van der Waals surface area contributed by atoms with Gasteiger partial charge in [-0.05, 0) is 32.9 Å². The number of hydrazone groups is 1. The molecule has 1 aromatic rings. The molecular weight excluding hydrogens is 280 g/mol. The van der Waals surface area contributed by atoms with Crippen molar-refractivity contribution < 1.29 is 17.9 Å². The number of hydrogen-bond donors (Lipinski definition) is 1. The average molecular weight is 298 g/mol. The smallest absolute Gasteiger partial charge is 0.311 e. The molecule has 0 bridgehead atoms. The van der Waals surface area contributed by atoms with Crippen molar-refractivity contribution >= 4 is 21.7 Å². The molecule has 0 spiro atoms. The van der Waals surface area contributed by atoms with Crippen molar-refractivity contribution in [3.63, 3.8) is 0 Å². The van der Waals surface area contributed by atoms with Gasteiger partial charge in [-0.25, -0.2) is 4.83 Å². The summed E-state index contributed by atoms with van der Waals surface area (Å²) >= 11 is 0. The van der Waals surface area contributed by atoms with Crippen molar-refractivity contribution in [2.45, 2.75) is 32.1 Å². The van der Waals surface area contributed by atoms with Crippen LogP contribution < -0.4 is 4.83 Å². The number of rotatable bonds is 6. The number of esters is 1. The molecule has 0 saturated heterocycles. The van der Waals surface area contributed by atoms with E-state index < -0.39 is 16.0 Å². The second kappa shape index (κ2) is 7.04. The van der Waals surface area contributed by atoms with Gasteiger partial charge in [0.2, 0.25) is 0 Å². The maximum absolute atomic E-state index is 11.9. The van der Waals surface area contributed by atoms with E-state index >= 15 is 0 Å². The largest absolute Gasteiger partial charge is 0.466 e. The fourth-order valence-corrected chi connectivity index (χ4v) is 2.24. The van der Waals surface area contributed by atoms with E-state index in [1.165, 1.54) is 12.1 Å². The van der Waals surface area contributed by atoms with E-state index in [0.717, 1.165) is 5.56 Å². The maximum atomic E-state index is 11.9. The van der Waals surface area contributed by atoms with Crippen molar-refractivity contribution in [3.05, 3.63) is 29.8 Å². The van der Waals surface area contributed by atoms with Gasteiger partial charge in [-0.2, -0.15) is 13.5 Å². The Morgan fingerprint density at radius 3 is 2.45 bits per heavy atom. The Bertz CT molecular complexity index is 591. The number of benzene rings is 1. The van der Waals surface area contributed by atoms with E-state index in [1.807, 2.05) is 6.92 Å². The van der Waals surface area contributed by atoms with Crippen molar-refractivity contribution in [1.29, 1.82) is 0 Å². The average Bonchev–Trinajstić information content (AvgIpc) is 2.37. The lowest BCUT2D eigenvalue weighted by atomic mass is 10.2. The Kier molecular flexibility index (Phi) is 5.69. The number of sulfonamides is 1. The Morgan fingerprint density at radius 1 is 1.30 bits per heavy atom. The van der Waals surface area contributed by atoms with E-state index in [0.29, 0.717) is 5.71 Å². The highest BCUT2D eigenvalue weighted by molar-refractivity contribution is 7.89. The lowest BCUT2D eigenvalue weighted by molar-refractivity contribution is -0.141. The first-order valence-corrected chi connectivity index (χ1v) is 7.60. The summed E-state index contributed by atoms with van der Waals surface area (Å²) in [6, 6.07) is 6.38. The number of nitrogens with zero attached hydrogens (tertiary/aromatic N) is 1. The van der Waals surface area contributed by atoms with Crippen LogP contribution in [-0.4, -0.2) is 26.7 Å². The van der Waals surface area contributed by atoms with Gasteiger partial charge in [0.1, 0.15) is 0 Å². The molecule has 0 aromatic heterocycles. The van der Waals surface area contributed by atoms with Crippen LogP contribution in [0.2, 0.25) is 0 Å². The predicted molar refractivity (Wildman–Crippen MR) is 75.9 cm³/mol. The highest BCUT2D eigenvalue weighted by atomic mass is 32.2. The van der Waals surface area contributed by atoms with Crippen LogP contribution in [0.5, 0.6) is 0 Å². The zero-order chi connectivity index (χ0) is 15.2. The number of nitrogens with one attached hydrogen (secondary N) is 1. The minimum atomic E-state index is -3.71. The standard InChI is InChI=1S/C13H18N2O4S/c1-4-19-13(16)9-11(3)14-15-20(17,18)12-7-5-10(2)6-8-12/h5-8,15H,4,9H2,1-3H3. The summed E-state index contributed by atoms with van der Waals surface area (Å²) in [6.45, 7) is 5.39. The second-order valence-electron chi connectivity index (χ2n) is 4.24. The molecule has 0 aliphatic rings. The van der Waals surface area contributed by atoms with Crippen LogP contribution in [0.15, 0.2) is 34.3 Å². The molecule has 0 unspecified atom stereocenters. The molecule has 0 aliphatic carbocycles.